The smallest absolute Gasteiger partial charge is 0.229 e. The van der Waals surface area contributed by atoms with Crippen LogP contribution in [0, 0.1) is 5.92 Å². The van der Waals surface area contributed by atoms with E-state index in [-0.39, 0.29) is 18.2 Å². The molecule has 9 heteroatoms. The van der Waals surface area contributed by atoms with Gasteiger partial charge >= 0.3 is 0 Å². The fraction of sp³-hybridized carbons (Fsp3) is 0.238. The third-order valence-electron chi connectivity index (χ3n) is 4.84. The van der Waals surface area contributed by atoms with Crippen LogP contribution in [-0.2, 0) is 9.59 Å². The van der Waals surface area contributed by atoms with Crippen molar-refractivity contribution in [3.05, 3.63) is 60.1 Å². The predicted molar refractivity (Wildman–Crippen MR) is 113 cm³/mol. The molecule has 3 aromatic rings. The van der Waals surface area contributed by atoms with E-state index in [1.165, 1.54) is 17.3 Å². The van der Waals surface area contributed by atoms with Gasteiger partial charge in [-0.15, -0.1) is 0 Å². The van der Waals surface area contributed by atoms with E-state index >= 15 is 0 Å². The molecule has 2 amide bonds. The Balaban J connectivity index is 1.49. The average Bonchev–Trinajstić information content (AvgIpc) is 3.39. The van der Waals surface area contributed by atoms with Gasteiger partial charge < -0.3 is 15.0 Å². The third kappa shape index (κ3) is 4.13. The van der Waals surface area contributed by atoms with Crippen LogP contribution in [0.25, 0.3) is 5.69 Å². The van der Waals surface area contributed by atoms with E-state index in [1.54, 1.807) is 23.1 Å². The minimum atomic E-state index is -0.480. The minimum absolute atomic E-state index is 0.0955. The molecule has 8 nitrogen and oxygen atoms in total. The Hall–Kier alpha value is -3.39. The second-order valence-corrected chi connectivity index (χ2v) is 7.26. The largest absolute Gasteiger partial charge is 0.494 e. The van der Waals surface area contributed by atoms with Crippen molar-refractivity contribution in [3.63, 3.8) is 0 Å². The van der Waals surface area contributed by atoms with Crippen molar-refractivity contribution in [2.24, 2.45) is 5.92 Å². The lowest BCUT2D eigenvalue weighted by Crippen LogP contribution is -2.28. The number of benzene rings is 2. The van der Waals surface area contributed by atoms with Crippen molar-refractivity contribution in [1.29, 1.82) is 0 Å². The highest BCUT2D eigenvalue weighted by Gasteiger charge is 2.35. The van der Waals surface area contributed by atoms with E-state index in [9.17, 15) is 9.59 Å². The van der Waals surface area contributed by atoms with Crippen LogP contribution in [0.15, 0.2) is 55.1 Å². The van der Waals surface area contributed by atoms with Crippen LogP contribution < -0.4 is 15.0 Å². The Morgan fingerprint density at radius 2 is 2.07 bits per heavy atom. The highest BCUT2D eigenvalue weighted by atomic mass is 35.5. The van der Waals surface area contributed by atoms with E-state index < -0.39 is 5.92 Å². The van der Waals surface area contributed by atoms with Crippen LogP contribution in [0.1, 0.15) is 13.3 Å². The normalized spacial score (nSPS) is 16.0. The van der Waals surface area contributed by atoms with Crippen LogP contribution in [0.2, 0.25) is 5.02 Å². The summed E-state index contributed by atoms with van der Waals surface area (Å²) in [5, 5.41) is 7.47. The quantitative estimate of drug-likeness (QED) is 0.654. The molecule has 154 valence electrons. The van der Waals surface area contributed by atoms with Gasteiger partial charge in [0.1, 0.15) is 18.4 Å². The molecule has 1 atom stereocenters. The number of nitrogens with zero attached hydrogens (tertiary/aromatic N) is 4. The molecule has 1 fully saturated rings. The Bertz CT molecular complexity index is 1050. The second kappa shape index (κ2) is 8.54. The SMILES string of the molecule is CCOc1ccc(N2C[C@H](C(=O)Nc3cc(Cl)ccc3-n3cncn3)CC2=O)cc1. The highest BCUT2D eigenvalue weighted by Crippen LogP contribution is 2.29. The van der Waals surface area contributed by atoms with E-state index in [1.807, 2.05) is 31.2 Å². The lowest BCUT2D eigenvalue weighted by Gasteiger charge is -2.18. The van der Waals surface area contributed by atoms with Crippen LogP contribution in [-0.4, -0.2) is 39.7 Å². The Kier molecular flexibility index (Phi) is 5.67. The van der Waals surface area contributed by atoms with Gasteiger partial charge in [-0.25, -0.2) is 9.67 Å². The molecule has 2 heterocycles. The minimum Gasteiger partial charge on any atom is -0.494 e. The van der Waals surface area contributed by atoms with E-state index in [0.717, 1.165) is 11.4 Å². The van der Waals surface area contributed by atoms with Gasteiger partial charge in [-0.2, -0.15) is 5.10 Å². The predicted octanol–water partition coefficient (Wildman–Crippen LogP) is 3.31. The molecule has 30 heavy (non-hydrogen) atoms. The van der Waals surface area contributed by atoms with Gasteiger partial charge in [0.05, 0.1) is 23.9 Å². The van der Waals surface area contributed by atoms with Gasteiger partial charge in [0.15, 0.2) is 0 Å². The van der Waals surface area contributed by atoms with E-state index in [4.69, 9.17) is 16.3 Å². The molecule has 2 aromatic carbocycles. The number of carbonyl (C=O) groups excluding carboxylic acids is 2. The molecule has 0 bridgehead atoms. The fourth-order valence-electron chi connectivity index (χ4n) is 3.40. The Morgan fingerprint density at radius 1 is 1.27 bits per heavy atom. The number of hydrogen-bond donors (Lipinski definition) is 1. The van der Waals surface area contributed by atoms with Crippen molar-refractivity contribution >= 4 is 34.8 Å². The maximum Gasteiger partial charge on any atom is 0.229 e. The molecule has 0 spiro atoms. The first-order chi connectivity index (χ1) is 14.5. The second-order valence-electron chi connectivity index (χ2n) is 6.82. The molecular weight excluding hydrogens is 406 g/mol. The first kappa shape index (κ1) is 19.9. The lowest BCUT2D eigenvalue weighted by molar-refractivity contribution is -0.122. The summed E-state index contributed by atoms with van der Waals surface area (Å²) < 4.78 is 6.98. The van der Waals surface area contributed by atoms with Crippen molar-refractivity contribution in [1.82, 2.24) is 14.8 Å². The third-order valence-corrected chi connectivity index (χ3v) is 5.07. The molecule has 1 saturated heterocycles. The summed E-state index contributed by atoms with van der Waals surface area (Å²) in [6.07, 6.45) is 3.08. The number of amides is 2. The van der Waals surface area contributed by atoms with Crippen molar-refractivity contribution in [2.75, 3.05) is 23.4 Å². The van der Waals surface area contributed by atoms with Crippen LogP contribution >= 0.6 is 11.6 Å². The molecule has 4 rings (SSSR count). The molecule has 0 radical (unpaired) electrons. The monoisotopic (exact) mass is 425 g/mol. The first-order valence-corrected chi connectivity index (χ1v) is 9.91. The summed E-state index contributed by atoms with van der Waals surface area (Å²) in [4.78, 5) is 31.0. The van der Waals surface area contributed by atoms with Gasteiger partial charge in [0.25, 0.3) is 0 Å². The average molecular weight is 426 g/mol. The molecule has 0 aliphatic carbocycles. The number of aromatic nitrogens is 3. The zero-order valence-corrected chi connectivity index (χ0v) is 17.0. The summed E-state index contributed by atoms with van der Waals surface area (Å²) in [5.74, 6) is -0.0854. The van der Waals surface area contributed by atoms with Gasteiger partial charge in [0.2, 0.25) is 11.8 Å². The standard InChI is InChI=1S/C21H20ClN5O3/c1-2-30-17-6-4-16(5-7-17)26-11-14(9-20(26)28)21(29)25-18-10-15(22)3-8-19(18)27-13-23-12-24-27/h3-8,10,12-14H,2,9,11H2,1H3,(H,25,29)/t14-/m1/s1. The first-order valence-electron chi connectivity index (χ1n) is 9.54. The van der Waals surface area contributed by atoms with Gasteiger partial charge in [-0.05, 0) is 49.4 Å². The number of anilines is 2. The van der Waals surface area contributed by atoms with Crippen molar-refractivity contribution in [3.8, 4) is 11.4 Å². The van der Waals surface area contributed by atoms with Gasteiger partial charge in [-0.1, -0.05) is 11.6 Å². The van der Waals surface area contributed by atoms with E-state index in [0.29, 0.717) is 29.5 Å². The van der Waals surface area contributed by atoms with Crippen LogP contribution in [0.3, 0.4) is 0 Å². The zero-order valence-electron chi connectivity index (χ0n) is 16.3. The highest BCUT2D eigenvalue weighted by molar-refractivity contribution is 6.31. The molecule has 0 saturated carbocycles. The molecular formula is C21H20ClN5O3. The zero-order chi connectivity index (χ0) is 21.1. The van der Waals surface area contributed by atoms with Gasteiger partial charge in [0, 0.05) is 23.7 Å². The number of rotatable bonds is 6. The number of halogens is 1. The summed E-state index contributed by atoms with van der Waals surface area (Å²) in [5.41, 5.74) is 1.88. The number of carbonyl (C=O) groups is 2. The number of ether oxygens (including phenoxy) is 1. The topological polar surface area (TPSA) is 89.3 Å². The van der Waals surface area contributed by atoms with Gasteiger partial charge in [-0.3, -0.25) is 9.59 Å². The molecule has 1 aromatic heterocycles. The maximum atomic E-state index is 12.9. The molecule has 0 unspecified atom stereocenters. The summed E-state index contributed by atoms with van der Waals surface area (Å²) >= 11 is 6.11. The Labute approximate surface area is 178 Å². The lowest BCUT2D eigenvalue weighted by atomic mass is 10.1. The van der Waals surface area contributed by atoms with E-state index in [2.05, 4.69) is 15.4 Å². The number of nitrogens with one attached hydrogen (secondary N) is 1. The fourth-order valence-corrected chi connectivity index (χ4v) is 3.57. The van der Waals surface area contributed by atoms with Crippen LogP contribution in [0.4, 0.5) is 11.4 Å². The molecule has 1 aliphatic heterocycles. The molecule has 1 aliphatic rings. The van der Waals surface area contributed by atoms with Crippen molar-refractivity contribution in [2.45, 2.75) is 13.3 Å². The maximum absolute atomic E-state index is 12.9. The summed E-state index contributed by atoms with van der Waals surface area (Å²) in [6.45, 7) is 2.79. The summed E-state index contributed by atoms with van der Waals surface area (Å²) in [7, 11) is 0. The summed E-state index contributed by atoms with van der Waals surface area (Å²) in [6, 6.07) is 12.4. The number of hydrogen-bond acceptors (Lipinski definition) is 5. The van der Waals surface area contributed by atoms with Crippen LogP contribution in [0.5, 0.6) is 5.75 Å². The van der Waals surface area contributed by atoms with Crippen molar-refractivity contribution < 1.29 is 14.3 Å². The molecule has 1 N–H and O–H groups in total. The Morgan fingerprint density at radius 3 is 2.77 bits per heavy atom.